The minimum atomic E-state index is -1.59. The third kappa shape index (κ3) is 12.1. The highest BCUT2D eigenvalue weighted by Crippen LogP contribution is 2.30. The van der Waals surface area contributed by atoms with Crippen molar-refractivity contribution in [1.29, 1.82) is 0 Å². The number of carbonyl (C=O) groups is 8. The SMILES string of the molecule is CC[C@H](C)[C@@H]1NC(=O)[C@H](CC(N)=O)NC(=O)[C@@H](N)CC(=O)NCC[C@@H](C(N)=O)NC(=O)[C@H](Cc2c[nH]c3ccccc23)NC(=O)[C@@H]2C[C@H](n3cc(CCc4ccccc4)nn3)CN2C1=O. The lowest BCUT2D eigenvalue weighted by atomic mass is 9.96. The fraction of sp³-hybridized carbons (Fsp3) is 0.455. The molecule has 0 unspecified atom stereocenters. The quantitative estimate of drug-likeness (QED) is 0.0836. The van der Waals surface area contributed by atoms with Crippen LogP contribution in [0.1, 0.15) is 68.8 Å². The number of amides is 8. The number of nitrogens with two attached hydrogens (primary N) is 3. The molecule has 8 amide bonds. The average molecular weight is 896 g/mol. The molecule has 21 heteroatoms. The van der Waals surface area contributed by atoms with Crippen molar-refractivity contribution in [3.63, 3.8) is 0 Å². The summed E-state index contributed by atoms with van der Waals surface area (Å²) in [5.41, 5.74) is 20.5. The fourth-order valence-electron chi connectivity index (χ4n) is 8.10. The first-order valence-electron chi connectivity index (χ1n) is 21.7. The van der Waals surface area contributed by atoms with Crippen molar-refractivity contribution in [2.45, 2.75) is 108 Å². The number of primary amides is 2. The first kappa shape index (κ1) is 47.3. The van der Waals surface area contributed by atoms with E-state index in [2.05, 4.69) is 41.9 Å². The molecule has 2 aromatic heterocycles. The van der Waals surface area contributed by atoms with Crippen LogP contribution in [0.2, 0.25) is 0 Å². The number of nitrogens with zero attached hydrogens (tertiary/aromatic N) is 4. The smallest absolute Gasteiger partial charge is 0.246 e. The minimum absolute atomic E-state index is 0.0313. The molecule has 65 heavy (non-hydrogen) atoms. The van der Waals surface area contributed by atoms with Gasteiger partial charge in [0.2, 0.25) is 47.3 Å². The molecule has 2 aliphatic heterocycles. The summed E-state index contributed by atoms with van der Waals surface area (Å²) in [5.74, 6) is -7.13. The average Bonchev–Trinajstić information content (AvgIpc) is 4.05. The Balaban J connectivity index is 1.37. The number of carbonyl (C=O) groups excluding carboxylic acids is 8. The molecular formula is C44H57N13O8. The fourth-order valence-corrected chi connectivity index (χ4v) is 8.10. The second kappa shape index (κ2) is 21.5. The van der Waals surface area contributed by atoms with Gasteiger partial charge in [0.1, 0.15) is 30.2 Å². The highest BCUT2D eigenvalue weighted by atomic mass is 16.2. The van der Waals surface area contributed by atoms with Crippen LogP contribution in [-0.2, 0) is 57.6 Å². The molecule has 346 valence electrons. The van der Waals surface area contributed by atoms with Crippen molar-refractivity contribution in [3.05, 3.63) is 83.8 Å². The Hall–Kier alpha value is -7.16. The predicted molar refractivity (Wildman–Crippen MR) is 235 cm³/mol. The van der Waals surface area contributed by atoms with E-state index in [9.17, 15) is 38.4 Å². The number of para-hydroxylation sites is 1. The summed E-state index contributed by atoms with van der Waals surface area (Å²) in [6, 6.07) is 8.43. The molecule has 2 saturated heterocycles. The van der Waals surface area contributed by atoms with Crippen LogP contribution in [0.3, 0.4) is 0 Å². The summed E-state index contributed by atoms with van der Waals surface area (Å²) in [7, 11) is 0. The second-order valence-electron chi connectivity index (χ2n) is 16.7. The summed E-state index contributed by atoms with van der Waals surface area (Å²) < 4.78 is 1.60. The number of benzene rings is 2. The number of hydrogen-bond acceptors (Lipinski definition) is 11. The zero-order valence-electron chi connectivity index (χ0n) is 36.3. The third-order valence-corrected chi connectivity index (χ3v) is 12.0. The summed E-state index contributed by atoms with van der Waals surface area (Å²) in [5, 5.41) is 22.6. The van der Waals surface area contributed by atoms with Crippen LogP contribution >= 0.6 is 0 Å². The molecule has 0 spiro atoms. The van der Waals surface area contributed by atoms with Crippen LogP contribution in [0.15, 0.2) is 67.0 Å². The number of fused-ring (bicyclic) bond motifs is 2. The van der Waals surface area contributed by atoms with Gasteiger partial charge in [-0.05, 0) is 42.4 Å². The van der Waals surface area contributed by atoms with E-state index in [0.29, 0.717) is 30.5 Å². The van der Waals surface area contributed by atoms with Crippen molar-refractivity contribution in [2.24, 2.45) is 23.1 Å². The van der Waals surface area contributed by atoms with Gasteiger partial charge in [0.05, 0.1) is 30.6 Å². The number of aryl methyl sites for hydroxylation is 2. The van der Waals surface area contributed by atoms with Crippen LogP contribution in [-0.4, -0.2) is 121 Å². The van der Waals surface area contributed by atoms with Crippen molar-refractivity contribution in [1.82, 2.24) is 51.5 Å². The van der Waals surface area contributed by atoms with E-state index in [0.717, 1.165) is 16.5 Å². The van der Waals surface area contributed by atoms with Crippen LogP contribution in [0.4, 0.5) is 0 Å². The van der Waals surface area contributed by atoms with E-state index < -0.39 is 108 Å². The molecular weight excluding hydrogens is 839 g/mol. The van der Waals surface area contributed by atoms with Gasteiger partial charge in [-0.25, -0.2) is 4.68 Å². The zero-order valence-corrected chi connectivity index (χ0v) is 36.3. The molecule has 0 saturated carbocycles. The number of nitrogens with one attached hydrogen (secondary N) is 6. The Morgan fingerprint density at radius 1 is 0.862 bits per heavy atom. The number of aromatic nitrogens is 4. The monoisotopic (exact) mass is 895 g/mol. The van der Waals surface area contributed by atoms with Crippen molar-refractivity contribution in [2.75, 3.05) is 13.1 Å². The highest BCUT2D eigenvalue weighted by molar-refractivity contribution is 5.99. The van der Waals surface area contributed by atoms with Crippen molar-refractivity contribution < 1.29 is 38.4 Å². The van der Waals surface area contributed by atoms with Gasteiger partial charge >= 0.3 is 0 Å². The third-order valence-electron chi connectivity index (χ3n) is 12.0. The van der Waals surface area contributed by atoms with Crippen LogP contribution in [0, 0.1) is 5.92 Å². The number of hydrogen-bond donors (Lipinski definition) is 9. The van der Waals surface area contributed by atoms with E-state index in [1.54, 1.807) is 30.9 Å². The van der Waals surface area contributed by atoms with Crippen molar-refractivity contribution >= 4 is 58.2 Å². The lowest BCUT2D eigenvalue weighted by Gasteiger charge is -2.33. The summed E-state index contributed by atoms with van der Waals surface area (Å²) in [4.78, 5) is 113. The first-order valence-corrected chi connectivity index (χ1v) is 21.7. The maximum Gasteiger partial charge on any atom is 0.246 e. The molecule has 2 aromatic carbocycles. The van der Waals surface area contributed by atoms with Gasteiger partial charge in [-0.2, -0.15) is 0 Å². The van der Waals surface area contributed by atoms with Gasteiger partial charge < -0.3 is 53.7 Å². The molecule has 4 heterocycles. The van der Waals surface area contributed by atoms with Gasteiger partial charge in [0.15, 0.2) is 0 Å². The standard InChI is InChI=1S/C44H57N13O8/c1-3-24(2)38-44(65)56-23-28(57-22-27(54-55-57)14-13-25-9-5-4-6-10-25)18-35(56)43(64)52-33(17-26-21-49-31-12-8-7-11-29(26)31)41(62)50-32(39(47)60)15-16-48-37(59)19-30(45)40(61)51-34(20-36(46)58)42(63)53-38/h4-12,21-22,24,28,30,32-35,38,49H,3,13-20,23,45H2,1-2H3,(H2,46,58)(H2,47,60)(H,48,59)(H,50,62)(H,51,61)(H,52,64)(H,53,63)/t24-,28-,30-,32-,33-,34-,35-,38-/m0/s1. The predicted octanol–water partition coefficient (Wildman–Crippen LogP) is -1.49. The molecule has 0 aliphatic carbocycles. The summed E-state index contributed by atoms with van der Waals surface area (Å²) in [6.07, 6.45) is 3.71. The molecule has 2 fully saturated rings. The summed E-state index contributed by atoms with van der Waals surface area (Å²) >= 11 is 0. The normalized spacial score (nSPS) is 24.7. The molecule has 21 nitrogen and oxygen atoms in total. The van der Waals surface area contributed by atoms with Gasteiger partial charge in [0.25, 0.3) is 0 Å². The van der Waals surface area contributed by atoms with Gasteiger partial charge in [-0.1, -0.05) is 74.0 Å². The van der Waals surface area contributed by atoms with E-state index >= 15 is 0 Å². The van der Waals surface area contributed by atoms with Gasteiger partial charge in [0, 0.05) is 49.2 Å². The topological polar surface area (TPSA) is 325 Å². The van der Waals surface area contributed by atoms with E-state index in [-0.39, 0.29) is 32.4 Å². The highest BCUT2D eigenvalue weighted by Gasteiger charge is 2.45. The van der Waals surface area contributed by atoms with E-state index in [1.807, 2.05) is 54.6 Å². The lowest BCUT2D eigenvalue weighted by Crippen LogP contribution is -2.60. The molecule has 0 bridgehead atoms. The van der Waals surface area contributed by atoms with Crippen LogP contribution < -0.4 is 43.8 Å². The molecule has 6 rings (SSSR count). The van der Waals surface area contributed by atoms with Crippen LogP contribution in [0.5, 0.6) is 0 Å². The number of H-pyrrole nitrogens is 1. The Morgan fingerprint density at radius 2 is 1.57 bits per heavy atom. The minimum Gasteiger partial charge on any atom is -0.370 e. The van der Waals surface area contributed by atoms with Crippen LogP contribution in [0.25, 0.3) is 10.9 Å². The molecule has 4 aromatic rings. The first-order chi connectivity index (χ1) is 31.1. The van der Waals surface area contributed by atoms with Gasteiger partial charge in [-0.15, -0.1) is 5.10 Å². The molecule has 2 aliphatic rings. The maximum atomic E-state index is 14.9. The Bertz CT molecular complexity index is 2380. The van der Waals surface area contributed by atoms with E-state index in [1.165, 1.54) is 4.90 Å². The Labute approximate surface area is 374 Å². The Morgan fingerprint density at radius 3 is 2.29 bits per heavy atom. The molecule has 0 radical (unpaired) electrons. The zero-order chi connectivity index (χ0) is 46.8. The maximum absolute atomic E-state index is 14.9. The number of rotatable bonds is 11. The Kier molecular flexibility index (Phi) is 15.6. The summed E-state index contributed by atoms with van der Waals surface area (Å²) in [6.45, 7) is 3.28. The van der Waals surface area contributed by atoms with Crippen molar-refractivity contribution in [3.8, 4) is 0 Å². The van der Waals surface area contributed by atoms with E-state index in [4.69, 9.17) is 17.2 Å². The largest absolute Gasteiger partial charge is 0.370 e. The molecule has 8 atom stereocenters. The van der Waals surface area contributed by atoms with Gasteiger partial charge in [-0.3, -0.25) is 38.4 Å². The number of aromatic amines is 1. The molecule has 12 N–H and O–H groups in total. The lowest BCUT2D eigenvalue weighted by molar-refractivity contribution is -0.143. The second-order valence-corrected chi connectivity index (χ2v) is 16.7.